The van der Waals surface area contributed by atoms with E-state index in [2.05, 4.69) is 4.72 Å². The number of nitrogens with one attached hydrogen (secondary N) is 1. The number of hydrogen-bond acceptors (Lipinski definition) is 3. The highest BCUT2D eigenvalue weighted by molar-refractivity contribution is 7.89. The van der Waals surface area contributed by atoms with E-state index in [9.17, 15) is 26.4 Å². The summed E-state index contributed by atoms with van der Waals surface area (Å²) >= 11 is 0. The van der Waals surface area contributed by atoms with Gasteiger partial charge in [-0.25, -0.2) is 13.1 Å². The van der Waals surface area contributed by atoms with E-state index in [4.69, 9.17) is 0 Å². The van der Waals surface area contributed by atoms with Gasteiger partial charge in [-0.3, -0.25) is 4.79 Å². The summed E-state index contributed by atoms with van der Waals surface area (Å²) < 4.78 is 63.8. The van der Waals surface area contributed by atoms with E-state index >= 15 is 0 Å². The molecule has 0 heterocycles. The van der Waals surface area contributed by atoms with Crippen molar-refractivity contribution in [3.63, 3.8) is 0 Å². The van der Waals surface area contributed by atoms with Gasteiger partial charge in [-0.1, -0.05) is 0 Å². The highest BCUT2D eigenvalue weighted by Crippen LogP contribution is 2.29. The van der Waals surface area contributed by atoms with E-state index in [-0.39, 0.29) is 16.7 Å². The summed E-state index contributed by atoms with van der Waals surface area (Å²) in [5, 5.41) is 0. The van der Waals surface area contributed by atoms with E-state index < -0.39 is 21.8 Å². The maximum absolute atomic E-state index is 12.4. The summed E-state index contributed by atoms with van der Waals surface area (Å²) in [5.41, 5.74) is -0.898. The summed E-state index contributed by atoms with van der Waals surface area (Å²) in [5.74, 6) is 0.0972. The number of rotatable bonds is 3. The molecule has 21 heavy (non-hydrogen) atoms. The minimum Gasteiger partial charge on any atom is -0.300 e. The van der Waals surface area contributed by atoms with Gasteiger partial charge in [0.15, 0.2) is 0 Å². The molecule has 0 aromatic heterocycles. The average molecular weight is 321 g/mol. The molecule has 2 rings (SSSR count). The van der Waals surface area contributed by atoms with Crippen LogP contribution in [0.4, 0.5) is 13.2 Å². The first-order valence-corrected chi connectivity index (χ1v) is 7.88. The van der Waals surface area contributed by atoms with Crippen molar-refractivity contribution in [2.24, 2.45) is 0 Å². The van der Waals surface area contributed by atoms with Gasteiger partial charge >= 0.3 is 6.18 Å². The Kier molecular flexibility index (Phi) is 4.38. The lowest BCUT2D eigenvalue weighted by Gasteiger charge is -2.22. The van der Waals surface area contributed by atoms with Gasteiger partial charge in [-0.05, 0) is 37.1 Å². The van der Waals surface area contributed by atoms with Gasteiger partial charge in [-0.2, -0.15) is 13.2 Å². The Bertz CT molecular complexity index is 613. The van der Waals surface area contributed by atoms with Crippen molar-refractivity contribution in [1.82, 2.24) is 4.72 Å². The van der Waals surface area contributed by atoms with Crippen molar-refractivity contribution < 1.29 is 26.4 Å². The smallest absolute Gasteiger partial charge is 0.300 e. The van der Waals surface area contributed by atoms with E-state index in [0.29, 0.717) is 25.7 Å². The first-order valence-electron chi connectivity index (χ1n) is 6.40. The summed E-state index contributed by atoms with van der Waals surface area (Å²) in [6.45, 7) is 0. The third kappa shape index (κ3) is 4.04. The summed E-state index contributed by atoms with van der Waals surface area (Å²) in [7, 11) is -3.87. The number of carbonyl (C=O) groups excluding carboxylic acids is 1. The molecule has 0 atom stereocenters. The average Bonchev–Trinajstić information content (AvgIpc) is 2.40. The summed E-state index contributed by atoms with van der Waals surface area (Å²) in [6, 6.07) is 2.98. The molecule has 1 aliphatic rings. The number of Topliss-reactive ketones (excluding diaryl/α,β-unsaturated/α-hetero) is 1. The van der Waals surface area contributed by atoms with Gasteiger partial charge in [0, 0.05) is 18.9 Å². The summed E-state index contributed by atoms with van der Waals surface area (Å²) in [6.07, 6.45) is -3.03. The molecule has 0 bridgehead atoms. The second-order valence-corrected chi connectivity index (χ2v) is 6.67. The molecule has 1 N–H and O–H groups in total. The van der Waals surface area contributed by atoms with Crippen LogP contribution in [-0.2, 0) is 21.0 Å². The second-order valence-electron chi connectivity index (χ2n) is 4.96. The van der Waals surface area contributed by atoms with Crippen LogP contribution in [0.15, 0.2) is 29.2 Å². The van der Waals surface area contributed by atoms with E-state index in [0.717, 1.165) is 24.3 Å². The van der Waals surface area contributed by atoms with Crippen LogP contribution in [0.25, 0.3) is 0 Å². The number of sulfonamides is 1. The molecule has 1 aliphatic carbocycles. The van der Waals surface area contributed by atoms with E-state index in [1.165, 1.54) is 0 Å². The SMILES string of the molecule is O=C1CCC(NS(=O)(=O)c2ccc(C(F)(F)F)cc2)CC1. The van der Waals surface area contributed by atoms with Crippen LogP contribution in [0.3, 0.4) is 0 Å². The fraction of sp³-hybridized carbons (Fsp3) is 0.462. The molecular formula is C13H14F3NO3S. The molecule has 0 amide bonds. The molecule has 0 unspecified atom stereocenters. The zero-order valence-electron chi connectivity index (χ0n) is 11.0. The van der Waals surface area contributed by atoms with Crippen molar-refractivity contribution in [3.8, 4) is 0 Å². The van der Waals surface area contributed by atoms with Gasteiger partial charge < -0.3 is 0 Å². The maximum atomic E-state index is 12.4. The lowest BCUT2D eigenvalue weighted by Crippen LogP contribution is -2.37. The van der Waals surface area contributed by atoms with Gasteiger partial charge in [0.05, 0.1) is 10.5 Å². The molecule has 1 saturated carbocycles. The predicted octanol–water partition coefficient (Wildman–Crippen LogP) is 2.50. The highest BCUT2D eigenvalue weighted by atomic mass is 32.2. The molecule has 0 saturated heterocycles. The van der Waals surface area contributed by atoms with Crippen LogP contribution < -0.4 is 4.72 Å². The molecular weight excluding hydrogens is 307 g/mol. The predicted molar refractivity (Wildman–Crippen MR) is 69.0 cm³/mol. The van der Waals surface area contributed by atoms with Crippen LogP contribution in [-0.4, -0.2) is 20.2 Å². The first-order chi connectivity index (χ1) is 9.68. The molecule has 8 heteroatoms. The van der Waals surface area contributed by atoms with Crippen molar-refractivity contribution >= 4 is 15.8 Å². The monoisotopic (exact) mass is 321 g/mol. The highest BCUT2D eigenvalue weighted by Gasteiger charge is 2.31. The zero-order chi connectivity index (χ0) is 15.7. The van der Waals surface area contributed by atoms with Crippen LogP contribution in [0, 0.1) is 0 Å². The van der Waals surface area contributed by atoms with Crippen LogP contribution in [0.1, 0.15) is 31.2 Å². The van der Waals surface area contributed by atoms with Crippen LogP contribution in [0.5, 0.6) is 0 Å². The fourth-order valence-electron chi connectivity index (χ4n) is 2.17. The normalized spacial score (nSPS) is 18.0. The molecule has 0 radical (unpaired) electrons. The first kappa shape index (κ1) is 16.0. The minimum atomic E-state index is -4.50. The number of alkyl halides is 3. The number of halogens is 3. The standard InChI is InChI=1S/C13H14F3NO3S/c14-13(15,16)9-1-7-12(8-2-9)21(19,20)17-10-3-5-11(18)6-4-10/h1-2,7-8,10,17H,3-6H2. The third-order valence-electron chi connectivity index (χ3n) is 3.36. The van der Waals surface area contributed by atoms with Gasteiger partial charge in [-0.15, -0.1) is 0 Å². The molecule has 1 aromatic carbocycles. The Morgan fingerprint density at radius 2 is 1.57 bits per heavy atom. The largest absolute Gasteiger partial charge is 0.416 e. The molecule has 116 valence electrons. The van der Waals surface area contributed by atoms with Crippen molar-refractivity contribution in [2.45, 2.75) is 42.8 Å². The Hall–Kier alpha value is -1.41. The number of ketones is 1. The Morgan fingerprint density at radius 1 is 1.05 bits per heavy atom. The molecule has 1 aromatic rings. The number of hydrogen-bond donors (Lipinski definition) is 1. The third-order valence-corrected chi connectivity index (χ3v) is 4.89. The minimum absolute atomic E-state index is 0.0972. The number of carbonyl (C=O) groups is 1. The van der Waals surface area contributed by atoms with E-state index in [1.807, 2.05) is 0 Å². The molecule has 4 nitrogen and oxygen atoms in total. The Morgan fingerprint density at radius 3 is 2.05 bits per heavy atom. The van der Waals surface area contributed by atoms with Crippen LogP contribution >= 0.6 is 0 Å². The topological polar surface area (TPSA) is 63.2 Å². The second kappa shape index (κ2) is 5.76. The van der Waals surface area contributed by atoms with Crippen molar-refractivity contribution in [2.75, 3.05) is 0 Å². The zero-order valence-corrected chi connectivity index (χ0v) is 11.8. The maximum Gasteiger partial charge on any atom is 0.416 e. The lowest BCUT2D eigenvalue weighted by molar-refractivity contribution is -0.137. The lowest BCUT2D eigenvalue weighted by atomic mass is 9.95. The Balaban J connectivity index is 2.11. The van der Waals surface area contributed by atoms with Gasteiger partial charge in [0.2, 0.25) is 10.0 Å². The van der Waals surface area contributed by atoms with Crippen molar-refractivity contribution in [1.29, 1.82) is 0 Å². The molecule has 0 spiro atoms. The Labute approximate surface area is 120 Å². The molecule has 1 fully saturated rings. The van der Waals surface area contributed by atoms with Gasteiger partial charge in [0.25, 0.3) is 0 Å². The molecule has 0 aliphatic heterocycles. The fourth-order valence-corrected chi connectivity index (χ4v) is 3.47. The number of benzene rings is 1. The summed E-state index contributed by atoms with van der Waals surface area (Å²) in [4.78, 5) is 10.9. The van der Waals surface area contributed by atoms with Gasteiger partial charge in [0.1, 0.15) is 5.78 Å². The van der Waals surface area contributed by atoms with E-state index in [1.54, 1.807) is 0 Å². The quantitative estimate of drug-likeness (QED) is 0.930. The van der Waals surface area contributed by atoms with Crippen LogP contribution in [0.2, 0.25) is 0 Å². The van der Waals surface area contributed by atoms with Crippen molar-refractivity contribution in [3.05, 3.63) is 29.8 Å².